The van der Waals surface area contributed by atoms with Gasteiger partial charge in [0.1, 0.15) is 0 Å². The Hall–Kier alpha value is -4.10. The largest absolute Gasteiger partial charge is 0.309 e. The van der Waals surface area contributed by atoms with E-state index < -0.39 is 0 Å². The van der Waals surface area contributed by atoms with Crippen molar-refractivity contribution < 1.29 is 0 Å². The molecule has 32 heavy (non-hydrogen) atoms. The number of hydrogen-bond donors (Lipinski definition) is 0. The Morgan fingerprint density at radius 3 is 1.69 bits per heavy atom. The first kappa shape index (κ1) is 18.7. The number of hydrogen-bond acceptors (Lipinski definition) is 0. The molecule has 0 unspecified atom stereocenters. The molecule has 6 rings (SSSR count). The van der Waals surface area contributed by atoms with Gasteiger partial charge in [-0.25, -0.2) is 0 Å². The highest BCUT2D eigenvalue weighted by atomic mass is 15.0. The minimum atomic E-state index is 1.18. The van der Waals surface area contributed by atoms with Crippen LogP contribution in [0.2, 0.25) is 0 Å². The van der Waals surface area contributed by atoms with Crippen LogP contribution in [-0.2, 0) is 0 Å². The highest BCUT2D eigenvalue weighted by Crippen LogP contribution is 2.36. The number of fused-ring (bicyclic) bond motifs is 3. The van der Waals surface area contributed by atoms with Crippen LogP contribution in [0.3, 0.4) is 0 Å². The topological polar surface area (TPSA) is 4.93 Å². The summed E-state index contributed by atoms with van der Waals surface area (Å²) in [5.41, 5.74) is 9.88. The lowest BCUT2D eigenvalue weighted by atomic mass is 10.0. The van der Waals surface area contributed by atoms with Crippen molar-refractivity contribution >= 4 is 21.8 Å². The zero-order chi connectivity index (χ0) is 21.5. The summed E-state index contributed by atoms with van der Waals surface area (Å²) in [5, 5.41) is 2.58. The van der Waals surface area contributed by atoms with Crippen LogP contribution in [0.1, 0.15) is 5.56 Å². The van der Waals surface area contributed by atoms with E-state index in [9.17, 15) is 0 Å². The standard InChI is InChI=1S/C31H23N/c1-22-15-17-30-28(19-22)29-21-26(24-11-6-3-7-12-24)16-18-31(29)32(30)27-14-8-13-25(20-27)23-9-4-2-5-10-23/h2-21H,1H3. The molecule has 0 saturated heterocycles. The highest BCUT2D eigenvalue weighted by Gasteiger charge is 2.14. The molecule has 152 valence electrons. The van der Waals surface area contributed by atoms with E-state index in [-0.39, 0.29) is 0 Å². The van der Waals surface area contributed by atoms with E-state index >= 15 is 0 Å². The van der Waals surface area contributed by atoms with E-state index in [0.717, 1.165) is 0 Å². The summed E-state index contributed by atoms with van der Waals surface area (Å²) in [6, 6.07) is 43.6. The molecule has 0 N–H and O–H groups in total. The van der Waals surface area contributed by atoms with Gasteiger partial charge < -0.3 is 4.57 Å². The summed E-state index contributed by atoms with van der Waals surface area (Å²) in [4.78, 5) is 0. The van der Waals surface area contributed by atoms with E-state index in [1.807, 2.05) is 0 Å². The Morgan fingerprint density at radius 1 is 0.438 bits per heavy atom. The zero-order valence-electron chi connectivity index (χ0n) is 18.0. The van der Waals surface area contributed by atoms with Gasteiger partial charge in [0.05, 0.1) is 11.0 Å². The van der Waals surface area contributed by atoms with Crippen molar-refractivity contribution in [1.29, 1.82) is 0 Å². The van der Waals surface area contributed by atoms with Gasteiger partial charge in [-0.1, -0.05) is 90.5 Å². The van der Waals surface area contributed by atoms with Gasteiger partial charge in [-0.15, -0.1) is 0 Å². The fraction of sp³-hybridized carbons (Fsp3) is 0.0323. The third-order valence-electron chi connectivity index (χ3n) is 6.24. The van der Waals surface area contributed by atoms with Gasteiger partial charge in [-0.3, -0.25) is 0 Å². The van der Waals surface area contributed by atoms with Crippen molar-refractivity contribution in [3.63, 3.8) is 0 Å². The molecule has 0 saturated carbocycles. The lowest BCUT2D eigenvalue weighted by Gasteiger charge is -2.11. The second kappa shape index (κ2) is 7.55. The molecule has 0 aliphatic heterocycles. The molecule has 0 fully saturated rings. The molecule has 1 heterocycles. The highest BCUT2D eigenvalue weighted by molar-refractivity contribution is 6.10. The van der Waals surface area contributed by atoms with Crippen molar-refractivity contribution in [2.24, 2.45) is 0 Å². The molecule has 6 aromatic rings. The first-order valence-electron chi connectivity index (χ1n) is 11.0. The Bertz CT molecular complexity index is 1560. The second-order valence-electron chi connectivity index (χ2n) is 8.37. The first-order chi connectivity index (χ1) is 15.8. The molecule has 1 heteroatoms. The van der Waals surface area contributed by atoms with Gasteiger partial charge in [-0.05, 0) is 65.6 Å². The lowest BCUT2D eigenvalue weighted by Crippen LogP contribution is -1.94. The molecule has 1 nitrogen and oxygen atoms in total. The van der Waals surface area contributed by atoms with Crippen molar-refractivity contribution in [2.75, 3.05) is 0 Å². The fourth-order valence-electron chi connectivity index (χ4n) is 4.68. The van der Waals surface area contributed by atoms with Crippen LogP contribution < -0.4 is 0 Å². The van der Waals surface area contributed by atoms with E-state index in [0.29, 0.717) is 0 Å². The summed E-state index contributed by atoms with van der Waals surface area (Å²) in [7, 11) is 0. The summed E-state index contributed by atoms with van der Waals surface area (Å²) < 4.78 is 2.39. The summed E-state index contributed by atoms with van der Waals surface area (Å²) in [6.45, 7) is 2.17. The van der Waals surface area contributed by atoms with Crippen LogP contribution in [-0.4, -0.2) is 4.57 Å². The van der Waals surface area contributed by atoms with Gasteiger partial charge in [0.25, 0.3) is 0 Å². The van der Waals surface area contributed by atoms with Crippen molar-refractivity contribution in [3.8, 4) is 27.9 Å². The van der Waals surface area contributed by atoms with E-state index in [1.165, 1.54) is 55.3 Å². The summed E-state index contributed by atoms with van der Waals surface area (Å²) in [6.07, 6.45) is 0. The third kappa shape index (κ3) is 3.11. The average molecular weight is 410 g/mol. The number of nitrogens with zero attached hydrogens (tertiary/aromatic N) is 1. The summed E-state index contributed by atoms with van der Waals surface area (Å²) in [5.74, 6) is 0. The van der Waals surface area contributed by atoms with E-state index in [2.05, 4.69) is 133 Å². The molecular weight excluding hydrogens is 386 g/mol. The van der Waals surface area contributed by atoms with Gasteiger partial charge >= 0.3 is 0 Å². The lowest BCUT2D eigenvalue weighted by molar-refractivity contribution is 1.18. The molecule has 0 aliphatic carbocycles. The van der Waals surface area contributed by atoms with Crippen LogP contribution in [0, 0.1) is 6.92 Å². The second-order valence-corrected chi connectivity index (χ2v) is 8.37. The maximum Gasteiger partial charge on any atom is 0.0541 e. The minimum absolute atomic E-state index is 1.18. The molecule has 0 radical (unpaired) electrons. The molecule has 0 spiro atoms. The predicted octanol–water partition coefficient (Wildman–Crippen LogP) is 8.43. The molecule has 5 aromatic carbocycles. The maximum absolute atomic E-state index is 2.39. The smallest absolute Gasteiger partial charge is 0.0541 e. The van der Waals surface area contributed by atoms with Crippen LogP contribution in [0.5, 0.6) is 0 Å². The zero-order valence-corrected chi connectivity index (χ0v) is 18.0. The van der Waals surface area contributed by atoms with Crippen LogP contribution in [0.4, 0.5) is 0 Å². The molecule has 0 aliphatic rings. The van der Waals surface area contributed by atoms with Crippen molar-refractivity contribution in [3.05, 3.63) is 127 Å². The normalized spacial score (nSPS) is 11.3. The van der Waals surface area contributed by atoms with E-state index in [1.54, 1.807) is 0 Å². The Balaban J connectivity index is 1.62. The van der Waals surface area contributed by atoms with E-state index in [4.69, 9.17) is 0 Å². The SMILES string of the molecule is Cc1ccc2c(c1)c1cc(-c3ccccc3)ccc1n2-c1cccc(-c2ccccc2)c1. The molecule has 0 bridgehead atoms. The van der Waals surface area contributed by atoms with Crippen LogP contribution >= 0.6 is 0 Å². The summed E-state index contributed by atoms with van der Waals surface area (Å²) >= 11 is 0. The minimum Gasteiger partial charge on any atom is -0.309 e. The number of aryl methyl sites for hydroxylation is 1. The van der Waals surface area contributed by atoms with Crippen molar-refractivity contribution in [1.82, 2.24) is 4.57 Å². The number of rotatable bonds is 3. The number of benzene rings is 5. The van der Waals surface area contributed by atoms with Gasteiger partial charge in [0.2, 0.25) is 0 Å². The van der Waals surface area contributed by atoms with Gasteiger partial charge in [0.15, 0.2) is 0 Å². The Kier molecular flexibility index (Phi) is 4.40. The Labute approximate surface area is 188 Å². The predicted molar refractivity (Wildman–Crippen MR) is 136 cm³/mol. The fourth-order valence-corrected chi connectivity index (χ4v) is 4.68. The quantitative estimate of drug-likeness (QED) is 0.276. The third-order valence-corrected chi connectivity index (χ3v) is 6.24. The molecule has 1 aromatic heterocycles. The maximum atomic E-state index is 2.39. The Morgan fingerprint density at radius 2 is 1.00 bits per heavy atom. The molecule has 0 amide bonds. The van der Waals surface area contributed by atoms with Crippen LogP contribution in [0.25, 0.3) is 49.7 Å². The monoisotopic (exact) mass is 409 g/mol. The number of aromatic nitrogens is 1. The average Bonchev–Trinajstić information content (AvgIpc) is 3.18. The molecular formula is C31H23N. The first-order valence-corrected chi connectivity index (χ1v) is 11.0. The van der Waals surface area contributed by atoms with Crippen molar-refractivity contribution in [2.45, 2.75) is 6.92 Å². The molecule has 0 atom stereocenters. The van der Waals surface area contributed by atoms with Gasteiger partial charge in [-0.2, -0.15) is 0 Å². The van der Waals surface area contributed by atoms with Gasteiger partial charge in [0, 0.05) is 16.5 Å². The van der Waals surface area contributed by atoms with Crippen LogP contribution in [0.15, 0.2) is 121 Å².